The first-order chi connectivity index (χ1) is 19.9. The number of thiophene rings is 1. The van der Waals surface area contributed by atoms with Crippen LogP contribution in [0.3, 0.4) is 0 Å². The van der Waals surface area contributed by atoms with Gasteiger partial charge in [-0.05, 0) is 82.2 Å². The number of hydrogen-bond donors (Lipinski definition) is 1. The highest BCUT2D eigenvalue weighted by atomic mass is 32.1. The predicted molar refractivity (Wildman–Crippen MR) is 158 cm³/mol. The lowest BCUT2D eigenvalue weighted by molar-refractivity contribution is -0.142. The maximum atomic E-state index is 13.2. The van der Waals surface area contributed by atoms with Crippen LogP contribution >= 0.6 is 11.3 Å². The van der Waals surface area contributed by atoms with E-state index in [0.717, 1.165) is 38.1 Å². The molecule has 1 heterocycles. The second kappa shape index (κ2) is 12.7. The summed E-state index contributed by atoms with van der Waals surface area (Å²) in [6, 6.07) is 28.2. The number of fused-ring (bicyclic) bond motifs is 1. The van der Waals surface area contributed by atoms with Gasteiger partial charge < -0.3 is 19.5 Å². The Labute approximate surface area is 241 Å². The number of carbonyl (C=O) groups excluding carboxylic acids is 2. The number of methoxy groups -OCH3 is 2. The van der Waals surface area contributed by atoms with Gasteiger partial charge in [-0.1, -0.05) is 42.5 Å². The van der Waals surface area contributed by atoms with Crippen LogP contribution in [0.1, 0.15) is 20.8 Å². The Bertz CT molecular complexity index is 1650. The van der Waals surface area contributed by atoms with E-state index in [9.17, 15) is 14.0 Å². The van der Waals surface area contributed by atoms with E-state index in [4.69, 9.17) is 14.2 Å². The third kappa shape index (κ3) is 6.91. The fourth-order valence-corrected chi connectivity index (χ4v) is 5.33. The van der Waals surface area contributed by atoms with E-state index in [1.807, 2.05) is 60.7 Å². The number of amides is 1. The van der Waals surface area contributed by atoms with Crippen molar-refractivity contribution >= 4 is 33.3 Å². The first kappa shape index (κ1) is 27.9. The van der Waals surface area contributed by atoms with Gasteiger partial charge >= 0.3 is 5.97 Å². The van der Waals surface area contributed by atoms with Gasteiger partial charge in [0.15, 0.2) is 0 Å². The summed E-state index contributed by atoms with van der Waals surface area (Å²) in [5.41, 5.74) is 3.75. The predicted octanol–water partition coefficient (Wildman–Crippen LogP) is 6.81. The first-order valence-corrected chi connectivity index (χ1v) is 13.8. The summed E-state index contributed by atoms with van der Waals surface area (Å²) in [6.45, 7) is 0.303. The molecule has 41 heavy (non-hydrogen) atoms. The molecule has 1 aromatic heterocycles. The van der Waals surface area contributed by atoms with Crippen molar-refractivity contribution in [2.24, 2.45) is 0 Å². The summed E-state index contributed by atoms with van der Waals surface area (Å²) in [5.74, 6) is 0.257. The SMILES string of the molecule is COC(=O)C(Cc1ccc(OCc2ccc(F)cc2)cc1)NC(=O)c1cc2cc(-c3ccc(OC)cc3)ccc2s1. The van der Waals surface area contributed by atoms with E-state index in [1.54, 1.807) is 31.4 Å². The number of hydrogen-bond acceptors (Lipinski definition) is 6. The lowest BCUT2D eigenvalue weighted by Crippen LogP contribution is -2.42. The van der Waals surface area contributed by atoms with E-state index < -0.39 is 12.0 Å². The molecule has 1 N–H and O–H groups in total. The molecular weight excluding hydrogens is 541 g/mol. The molecule has 0 aliphatic carbocycles. The van der Waals surface area contributed by atoms with Gasteiger partial charge in [0.05, 0.1) is 19.1 Å². The highest BCUT2D eigenvalue weighted by Gasteiger charge is 2.24. The summed E-state index contributed by atoms with van der Waals surface area (Å²) in [7, 11) is 2.93. The lowest BCUT2D eigenvalue weighted by Gasteiger charge is -2.16. The average molecular weight is 570 g/mol. The van der Waals surface area contributed by atoms with Crippen molar-refractivity contribution in [1.82, 2.24) is 5.32 Å². The molecule has 5 rings (SSSR count). The largest absolute Gasteiger partial charge is 0.497 e. The van der Waals surface area contributed by atoms with Crippen molar-refractivity contribution in [3.8, 4) is 22.6 Å². The molecule has 0 fully saturated rings. The number of ether oxygens (including phenoxy) is 3. The first-order valence-electron chi connectivity index (χ1n) is 12.9. The maximum absolute atomic E-state index is 13.2. The van der Waals surface area contributed by atoms with Crippen LogP contribution in [-0.4, -0.2) is 32.1 Å². The summed E-state index contributed by atoms with van der Waals surface area (Å²) >= 11 is 1.37. The Kier molecular flexibility index (Phi) is 8.60. The minimum absolute atomic E-state index is 0.253. The molecule has 1 unspecified atom stereocenters. The number of rotatable bonds is 10. The Morgan fingerprint density at radius 3 is 2.15 bits per heavy atom. The van der Waals surface area contributed by atoms with Crippen LogP contribution < -0.4 is 14.8 Å². The van der Waals surface area contributed by atoms with E-state index >= 15 is 0 Å². The Balaban J connectivity index is 1.25. The van der Waals surface area contributed by atoms with Crippen LogP contribution in [0.25, 0.3) is 21.2 Å². The van der Waals surface area contributed by atoms with Crippen molar-refractivity contribution in [2.45, 2.75) is 19.1 Å². The van der Waals surface area contributed by atoms with Crippen LogP contribution in [0.5, 0.6) is 11.5 Å². The highest BCUT2D eigenvalue weighted by molar-refractivity contribution is 7.20. The standard InChI is InChI=1S/C33H28FNO5S/c1-38-27-14-7-23(8-15-27)24-9-16-30-25(18-24)19-31(41-30)32(36)35-29(33(37)39-2)17-21-5-12-28(13-6-21)40-20-22-3-10-26(34)11-4-22/h3-16,18-19,29H,17,20H2,1-2H3,(H,35,36). The molecule has 1 atom stereocenters. The molecule has 0 saturated heterocycles. The second-order valence-electron chi connectivity index (χ2n) is 9.40. The Morgan fingerprint density at radius 2 is 1.46 bits per heavy atom. The Morgan fingerprint density at radius 1 is 0.805 bits per heavy atom. The summed E-state index contributed by atoms with van der Waals surface area (Å²) < 4.78 is 30.0. The second-order valence-corrected chi connectivity index (χ2v) is 10.5. The van der Waals surface area contributed by atoms with Crippen LogP contribution in [0.4, 0.5) is 4.39 Å². The van der Waals surface area contributed by atoms with Crippen molar-refractivity contribution in [3.05, 3.63) is 119 Å². The van der Waals surface area contributed by atoms with Gasteiger partial charge in [-0.2, -0.15) is 0 Å². The minimum atomic E-state index is -0.862. The molecule has 0 aliphatic rings. The van der Waals surface area contributed by atoms with E-state index in [2.05, 4.69) is 5.32 Å². The van der Waals surface area contributed by atoms with Crippen molar-refractivity contribution in [3.63, 3.8) is 0 Å². The third-order valence-electron chi connectivity index (χ3n) is 6.64. The van der Waals surface area contributed by atoms with Gasteiger partial charge in [-0.3, -0.25) is 4.79 Å². The monoisotopic (exact) mass is 569 g/mol. The highest BCUT2D eigenvalue weighted by Crippen LogP contribution is 2.31. The zero-order valence-corrected chi connectivity index (χ0v) is 23.4. The zero-order valence-electron chi connectivity index (χ0n) is 22.6. The Hall–Kier alpha value is -4.69. The summed E-state index contributed by atoms with van der Waals surface area (Å²) in [5, 5.41) is 3.78. The van der Waals surface area contributed by atoms with Crippen LogP contribution in [0.15, 0.2) is 97.1 Å². The van der Waals surface area contributed by atoms with E-state index in [-0.39, 0.29) is 18.1 Å². The molecule has 6 nitrogen and oxygen atoms in total. The number of esters is 1. The van der Waals surface area contributed by atoms with Crippen LogP contribution in [-0.2, 0) is 22.6 Å². The summed E-state index contributed by atoms with van der Waals surface area (Å²) in [4.78, 5) is 26.3. The van der Waals surface area contributed by atoms with Crippen molar-refractivity contribution in [2.75, 3.05) is 14.2 Å². The normalized spacial score (nSPS) is 11.6. The fourth-order valence-electron chi connectivity index (χ4n) is 4.39. The van der Waals surface area contributed by atoms with Gasteiger partial charge in [-0.15, -0.1) is 11.3 Å². The maximum Gasteiger partial charge on any atom is 0.328 e. The molecular formula is C33H28FNO5S. The molecule has 208 valence electrons. The third-order valence-corrected chi connectivity index (χ3v) is 7.75. The van der Waals surface area contributed by atoms with Gasteiger partial charge in [0, 0.05) is 11.1 Å². The van der Waals surface area contributed by atoms with Gasteiger partial charge in [0.25, 0.3) is 5.91 Å². The number of carbonyl (C=O) groups is 2. The van der Waals surface area contributed by atoms with Crippen molar-refractivity contribution in [1.29, 1.82) is 0 Å². The molecule has 0 spiro atoms. The quantitative estimate of drug-likeness (QED) is 0.187. The van der Waals surface area contributed by atoms with Gasteiger partial charge in [0.1, 0.15) is 30.0 Å². The number of nitrogens with one attached hydrogen (secondary N) is 1. The molecule has 0 aliphatic heterocycles. The van der Waals surface area contributed by atoms with E-state index in [1.165, 1.54) is 30.6 Å². The van der Waals surface area contributed by atoms with Gasteiger partial charge in [-0.25, -0.2) is 9.18 Å². The minimum Gasteiger partial charge on any atom is -0.497 e. The number of halogens is 1. The zero-order chi connectivity index (χ0) is 28.8. The fraction of sp³-hybridized carbons (Fsp3) is 0.152. The van der Waals surface area contributed by atoms with Crippen LogP contribution in [0, 0.1) is 5.82 Å². The molecule has 5 aromatic rings. The molecule has 0 saturated carbocycles. The number of benzene rings is 4. The summed E-state index contributed by atoms with van der Waals surface area (Å²) in [6.07, 6.45) is 0.253. The molecule has 1 amide bonds. The molecule has 0 bridgehead atoms. The van der Waals surface area contributed by atoms with Crippen LogP contribution in [0.2, 0.25) is 0 Å². The van der Waals surface area contributed by atoms with Gasteiger partial charge in [0.2, 0.25) is 0 Å². The average Bonchev–Trinajstić information content (AvgIpc) is 3.44. The molecule has 4 aromatic carbocycles. The van der Waals surface area contributed by atoms with E-state index in [0.29, 0.717) is 17.2 Å². The van der Waals surface area contributed by atoms with Crippen molar-refractivity contribution < 1.29 is 28.2 Å². The lowest BCUT2D eigenvalue weighted by atomic mass is 10.0. The molecule has 8 heteroatoms. The topological polar surface area (TPSA) is 73.9 Å². The molecule has 0 radical (unpaired) electrons. The smallest absolute Gasteiger partial charge is 0.328 e.